The monoisotopic (exact) mass is 213 g/mol. The van der Waals surface area contributed by atoms with Gasteiger partial charge >= 0.3 is 0 Å². The van der Waals surface area contributed by atoms with Crippen LogP contribution >= 0.6 is 0 Å². The summed E-state index contributed by atoms with van der Waals surface area (Å²) in [5, 5.41) is 2.53. The summed E-state index contributed by atoms with van der Waals surface area (Å²) in [6.45, 7) is 0.125. The summed E-state index contributed by atoms with van der Waals surface area (Å²) in [7, 11) is 0. The molecule has 1 unspecified atom stereocenters. The van der Waals surface area contributed by atoms with Gasteiger partial charge in [0.05, 0.1) is 12.6 Å². The predicted molar refractivity (Wildman–Crippen MR) is 48.1 cm³/mol. The fourth-order valence-electron chi connectivity index (χ4n) is 1.50. The van der Waals surface area contributed by atoms with Gasteiger partial charge in [0.15, 0.2) is 0 Å². The third-order valence-electron chi connectivity index (χ3n) is 2.19. The number of ether oxygens (including phenoxy) is 1. The fourth-order valence-corrected chi connectivity index (χ4v) is 1.50. The van der Waals surface area contributed by atoms with Gasteiger partial charge in [-0.25, -0.2) is 8.78 Å². The number of rotatable bonds is 1. The van der Waals surface area contributed by atoms with Crippen LogP contribution < -0.4 is 5.32 Å². The average Bonchev–Trinajstić information content (AvgIpc) is 2.22. The van der Waals surface area contributed by atoms with E-state index in [9.17, 15) is 13.6 Å². The average molecular weight is 213 g/mol. The van der Waals surface area contributed by atoms with Crippen molar-refractivity contribution in [2.75, 3.05) is 13.2 Å². The summed E-state index contributed by atoms with van der Waals surface area (Å²) in [6.07, 6.45) is 0. The van der Waals surface area contributed by atoms with E-state index < -0.39 is 17.7 Å². The Morgan fingerprint density at radius 3 is 2.93 bits per heavy atom. The Morgan fingerprint density at radius 1 is 1.40 bits per heavy atom. The van der Waals surface area contributed by atoms with Crippen molar-refractivity contribution in [3.8, 4) is 0 Å². The highest BCUT2D eigenvalue weighted by atomic mass is 19.1. The molecule has 1 atom stereocenters. The van der Waals surface area contributed by atoms with Crippen LogP contribution in [0.2, 0.25) is 0 Å². The maximum atomic E-state index is 13.3. The van der Waals surface area contributed by atoms with E-state index in [2.05, 4.69) is 5.32 Å². The van der Waals surface area contributed by atoms with E-state index in [1.54, 1.807) is 0 Å². The van der Waals surface area contributed by atoms with Gasteiger partial charge < -0.3 is 10.1 Å². The second-order valence-corrected chi connectivity index (χ2v) is 3.30. The largest absolute Gasteiger partial charge is 0.369 e. The Labute approximate surface area is 85.0 Å². The first-order valence-electron chi connectivity index (χ1n) is 4.49. The van der Waals surface area contributed by atoms with Gasteiger partial charge in [-0.1, -0.05) is 0 Å². The van der Waals surface area contributed by atoms with Crippen LogP contribution in [0.1, 0.15) is 11.6 Å². The molecule has 1 fully saturated rings. The lowest BCUT2D eigenvalue weighted by molar-refractivity contribution is -0.131. The lowest BCUT2D eigenvalue weighted by atomic mass is 10.1. The number of hydrogen-bond acceptors (Lipinski definition) is 2. The van der Waals surface area contributed by atoms with Crippen LogP contribution in [0.4, 0.5) is 8.78 Å². The van der Waals surface area contributed by atoms with Crippen molar-refractivity contribution in [2.24, 2.45) is 0 Å². The van der Waals surface area contributed by atoms with E-state index in [-0.39, 0.29) is 24.7 Å². The molecule has 2 rings (SSSR count). The minimum Gasteiger partial charge on any atom is -0.369 e. The van der Waals surface area contributed by atoms with Crippen molar-refractivity contribution in [3.05, 3.63) is 35.4 Å². The standard InChI is InChI=1S/C10H9F2NO2/c11-6-1-2-8(12)7(3-6)9-4-15-5-10(14)13-9/h1-3,9H,4-5H2,(H,13,14). The fraction of sp³-hybridized carbons (Fsp3) is 0.300. The molecule has 0 bridgehead atoms. The zero-order valence-corrected chi connectivity index (χ0v) is 7.80. The Morgan fingerprint density at radius 2 is 2.20 bits per heavy atom. The number of carbonyl (C=O) groups excluding carboxylic acids is 1. The SMILES string of the molecule is O=C1COCC(c2cc(F)ccc2F)N1. The molecular formula is C10H9F2NO2. The number of morpholine rings is 1. The lowest BCUT2D eigenvalue weighted by Gasteiger charge is -2.24. The van der Waals surface area contributed by atoms with Crippen molar-refractivity contribution < 1.29 is 18.3 Å². The number of carbonyl (C=O) groups is 1. The van der Waals surface area contributed by atoms with Gasteiger partial charge in [-0.2, -0.15) is 0 Å². The molecule has 1 N–H and O–H groups in total. The van der Waals surface area contributed by atoms with Gasteiger partial charge in [-0.05, 0) is 18.2 Å². The molecule has 1 aliphatic rings. The molecule has 0 radical (unpaired) electrons. The molecule has 15 heavy (non-hydrogen) atoms. The summed E-state index contributed by atoms with van der Waals surface area (Å²) in [6, 6.07) is 2.52. The highest BCUT2D eigenvalue weighted by Gasteiger charge is 2.23. The number of nitrogens with one attached hydrogen (secondary N) is 1. The maximum Gasteiger partial charge on any atom is 0.246 e. The van der Waals surface area contributed by atoms with E-state index in [4.69, 9.17) is 4.74 Å². The molecule has 5 heteroatoms. The second kappa shape index (κ2) is 3.94. The predicted octanol–water partition coefficient (Wildman–Crippen LogP) is 1.15. The minimum absolute atomic E-state index is 0.0343. The molecule has 1 aromatic carbocycles. The highest BCUT2D eigenvalue weighted by Crippen LogP contribution is 2.20. The molecule has 3 nitrogen and oxygen atoms in total. The summed E-state index contributed by atoms with van der Waals surface area (Å²) < 4.78 is 31.1. The Kier molecular flexibility index (Phi) is 2.64. The molecule has 1 aliphatic heterocycles. The first-order chi connectivity index (χ1) is 7.16. The minimum atomic E-state index is -0.609. The highest BCUT2D eigenvalue weighted by molar-refractivity contribution is 5.78. The smallest absolute Gasteiger partial charge is 0.246 e. The molecule has 1 heterocycles. The summed E-state index contributed by atoms with van der Waals surface area (Å²) in [4.78, 5) is 11.0. The second-order valence-electron chi connectivity index (χ2n) is 3.30. The molecule has 80 valence electrons. The van der Waals surface area contributed by atoms with Gasteiger partial charge in [0.2, 0.25) is 5.91 Å². The van der Waals surface area contributed by atoms with Crippen molar-refractivity contribution in [1.82, 2.24) is 5.32 Å². The number of amides is 1. The summed E-state index contributed by atoms with van der Waals surface area (Å²) >= 11 is 0. The molecule has 1 aromatic rings. The lowest BCUT2D eigenvalue weighted by Crippen LogP contribution is -2.40. The van der Waals surface area contributed by atoms with Crippen molar-refractivity contribution in [2.45, 2.75) is 6.04 Å². The maximum absolute atomic E-state index is 13.3. The first-order valence-corrected chi connectivity index (χ1v) is 4.49. The normalized spacial score (nSPS) is 21.2. The first kappa shape index (κ1) is 10.0. The van der Waals surface area contributed by atoms with Gasteiger partial charge in [0.1, 0.15) is 18.2 Å². The molecule has 0 saturated carbocycles. The third kappa shape index (κ3) is 2.12. The quantitative estimate of drug-likeness (QED) is 0.760. The van der Waals surface area contributed by atoms with E-state index in [1.165, 1.54) is 0 Å². The van der Waals surface area contributed by atoms with E-state index in [0.29, 0.717) is 0 Å². The van der Waals surface area contributed by atoms with Crippen LogP contribution in [0.5, 0.6) is 0 Å². The number of benzene rings is 1. The molecule has 0 aromatic heterocycles. The van der Waals surface area contributed by atoms with Gasteiger partial charge in [0, 0.05) is 5.56 Å². The van der Waals surface area contributed by atoms with Crippen LogP contribution in [0.3, 0.4) is 0 Å². The molecule has 0 spiro atoms. The Bertz CT molecular complexity index is 395. The van der Waals surface area contributed by atoms with Gasteiger partial charge in [-0.3, -0.25) is 4.79 Å². The van der Waals surface area contributed by atoms with Crippen LogP contribution in [-0.2, 0) is 9.53 Å². The Hall–Kier alpha value is -1.49. The van der Waals surface area contributed by atoms with Gasteiger partial charge in [0.25, 0.3) is 0 Å². The van der Waals surface area contributed by atoms with Crippen molar-refractivity contribution in [3.63, 3.8) is 0 Å². The number of halogens is 2. The van der Waals surface area contributed by atoms with Gasteiger partial charge in [-0.15, -0.1) is 0 Å². The zero-order chi connectivity index (χ0) is 10.8. The van der Waals surface area contributed by atoms with Crippen LogP contribution in [0, 0.1) is 11.6 Å². The van der Waals surface area contributed by atoms with Crippen molar-refractivity contribution >= 4 is 5.91 Å². The van der Waals surface area contributed by atoms with E-state index >= 15 is 0 Å². The topological polar surface area (TPSA) is 38.3 Å². The van der Waals surface area contributed by atoms with Crippen LogP contribution in [-0.4, -0.2) is 19.1 Å². The number of hydrogen-bond donors (Lipinski definition) is 1. The van der Waals surface area contributed by atoms with Crippen LogP contribution in [0.15, 0.2) is 18.2 Å². The van der Waals surface area contributed by atoms with E-state index in [1.807, 2.05) is 0 Å². The molecule has 1 saturated heterocycles. The Balaban J connectivity index is 2.27. The van der Waals surface area contributed by atoms with E-state index in [0.717, 1.165) is 18.2 Å². The van der Waals surface area contributed by atoms with Crippen LogP contribution in [0.25, 0.3) is 0 Å². The summed E-state index contributed by atoms with van der Waals surface area (Å²) in [5.41, 5.74) is 0.114. The zero-order valence-electron chi connectivity index (χ0n) is 7.80. The summed E-state index contributed by atoms with van der Waals surface area (Å²) in [5.74, 6) is -1.41. The molecule has 0 aliphatic carbocycles. The molecular weight excluding hydrogens is 204 g/mol. The third-order valence-corrected chi connectivity index (χ3v) is 2.19. The molecule has 1 amide bonds. The van der Waals surface area contributed by atoms with Crippen molar-refractivity contribution in [1.29, 1.82) is 0 Å².